The number of para-hydroxylation sites is 1. The van der Waals surface area contributed by atoms with Crippen LogP contribution in [0.3, 0.4) is 0 Å². The smallest absolute Gasteiger partial charge is 0.258 e. The highest BCUT2D eigenvalue weighted by molar-refractivity contribution is 9.09. The van der Waals surface area contributed by atoms with E-state index in [4.69, 9.17) is 0 Å². The number of hydrogen-bond donors (Lipinski definition) is 1. The van der Waals surface area contributed by atoms with E-state index in [2.05, 4.69) is 21.2 Å². The van der Waals surface area contributed by atoms with Gasteiger partial charge >= 0.3 is 0 Å². The Labute approximate surface area is 138 Å². The predicted molar refractivity (Wildman–Crippen MR) is 92.7 cm³/mol. The molecule has 0 unspecified atom stereocenters. The van der Waals surface area contributed by atoms with Crippen molar-refractivity contribution in [2.75, 3.05) is 22.1 Å². The first kappa shape index (κ1) is 16.2. The second-order valence-corrected chi connectivity index (χ2v) is 5.20. The molecule has 0 aromatic heterocycles. The van der Waals surface area contributed by atoms with Gasteiger partial charge in [-0.1, -0.05) is 34.1 Å². The van der Waals surface area contributed by atoms with Gasteiger partial charge in [-0.15, -0.1) is 0 Å². The predicted octanol–water partition coefficient (Wildman–Crippen LogP) is 3.69. The standard InChI is InChI=1S/C17H17BrN2O2/c1-2-20(15-6-4-3-5-7-15)17(22)13-8-10-14(11-9-13)19-16(21)12-18/h3-11H,2,12H2,1H3,(H,19,21). The number of anilines is 2. The van der Waals surface area contributed by atoms with Gasteiger partial charge < -0.3 is 10.2 Å². The Morgan fingerprint density at radius 2 is 1.68 bits per heavy atom. The Hall–Kier alpha value is -2.14. The lowest BCUT2D eigenvalue weighted by Gasteiger charge is -2.21. The maximum atomic E-state index is 12.6. The highest BCUT2D eigenvalue weighted by Gasteiger charge is 2.15. The van der Waals surface area contributed by atoms with Crippen LogP contribution in [0.25, 0.3) is 0 Å². The number of nitrogens with one attached hydrogen (secondary N) is 1. The number of alkyl halides is 1. The molecule has 0 aliphatic heterocycles. The summed E-state index contributed by atoms with van der Waals surface area (Å²) in [6.07, 6.45) is 0. The van der Waals surface area contributed by atoms with E-state index in [0.717, 1.165) is 5.69 Å². The molecule has 0 saturated heterocycles. The first-order valence-corrected chi connectivity index (χ1v) is 8.10. The summed E-state index contributed by atoms with van der Waals surface area (Å²) in [4.78, 5) is 25.6. The molecule has 2 aromatic carbocycles. The summed E-state index contributed by atoms with van der Waals surface area (Å²) in [6, 6.07) is 16.4. The zero-order valence-corrected chi connectivity index (χ0v) is 13.8. The molecule has 0 radical (unpaired) electrons. The molecule has 114 valence electrons. The van der Waals surface area contributed by atoms with Gasteiger partial charge in [0.25, 0.3) is 5.91 Å². The Morgan fingerprint density at radius 3 is 2.23 bits per heavy atom. The minimum Gasteiger partial charge on any atom is -0.325 e. The summed E-state index contributed by atoms with van der Waals surface area (Å²) in [5, 5.41) is 2.96. The fourth-order valence-corrected chi connectivity index (χ4v) is 2.24. The van der Waals surface area contributed by atoms with Crippen LogP contribution in [0, 0.1) is 0 Å². The number of rotatable bonds is 5. The van der Waals surface area contributed by atoms with Crippen LogP contribution in [-0.4, -0.2) is 23.7 Å². The van der Waals surface area contributed by atoms with Crippen LogP contribution in [0.1, 0.15) is 17.3 Å². The Balaban J connectivity index is 2.16. The van der Waals surface area contributed by atoms with Crippen molar-refractivity contribution in [1.82, 2.24) is 0 Å². The molecule has 0 atom stereocenters. The van der Waals surface area contributed by atoms with Crippen molar-refractivity contribution in [2.45, 2.75) is 6.92 Å². The van der Waals surface area contributed by atoms with Crippen molar-refractivity contribution in [3.8, 4) is 0 Å². The molecule has 0 bridgehead atoms. The largest absolute Gasteiger partial charge is 0.325 e. The molecule has 1 N–H and O–H groups in total. The topological polar surface area (TPSA) is 49.4 Å². The Kier molecular flexibility index (Phi) is 5.72. The summed E-state index contributed by atoms with van der Waals surface area (Å²) < 4.78 is 0. The summed E-state index contributed by atoms with van der Waals surface area (Å²) in [5.41, 5.74) is 2.12. The van der Waals surface area contributed by atoms with Gasteiger partial charge in [0.05, 0.1) is 5.33 Å². The second kappa shape index (κ2) is 7.75. The summed E-state index contributed by atoms with van der Waals surface area (Å²) in [5.74, 6) is -0.189. The van der Waals surface area contributed by atoms with Crippen LogP contribution < -0.4 is 10.2 Å². The molecule has 4 nitrogen and oxygen atoms in total. The van der Waals surface area contributed by atoms with Gasteiger partial charge in [0, 0.05) is 23.5 Å². The first-order chi connectivity index (χ1) is 10.7. The number of hydrogen-bond acceptors (Lipinski definition) is 2. The maximum absolute atomic E-state index is 12.6. The Morgan fingerprint density at radius 1 is 1.05 bits per heavy atom. The SMILES string of the molecule is CCN(C(=O)c1ccc(NC(=O)CBr)cc1)c1ccccc1. The van der Waals surface area contributed by atoms with Crippen LogP contribution in [0.2, 0.25) is 0 Å². The molecule has 0 spiro atoms. The number of halogens is 1. The van der Waals surface area contributed by atoms with Crippen LogP contribution in [0.15, 0.2) is 54.6 Å². The number of carbonyl (C=O) groups is 2. The number of nitrogens with zero attached hydrogens (tertiary/aromatic N) is 1. The van der Waals surface area contributed by atoms with Crippen molar-refractivity contribution in [3.05, 3.63) is 60.2 Å². The van der Waals surface area contributed by atoms with Gasteiger partial charge in [0.2, 0.25) is 5.91 Å². The van der Waals surface area contributed by atoms with Crippen LogP contribution >= 0.6 is 15.9 Å². The van der Waals surface area contributed by atoms with E-state index in [-0.39, 0.29) is 17.1 Å². The number of amides is 2. The lowest BCUT2D eigenvalue weighted by molar-refractivity contribution is -0.113. The minimum atomic E-state index is -0.126. The zero-order chi connectivity index (χ0) is 15.9. The van der Waals surface area contributed by atoms with Gasteiger partial charge in [0.1, 0.15) is 0 Å². The summed E-state index contributed by atoms with van der Waals surface area (Å²) in [7, 11) is 0. The molecular weight excluding hydrogens is 344 g/mol. The molecule has 2 aromatic rings. The fraction of sp³-hybridized carbons (Fsp3) is 0.176. The van der Waals surface area contributed by atoms with Gasteiger partial charge in [-0.05, 0) is 43.3 Å². The zero-order valence-electron chi connectivity index (χ0n) is 12.3. The molecule has 2 amide bonds. The quantitative estimate of drug-likeness (QED) is 0.826. The van der Waals surface area contributed by atoms with E-state index in [1.165, 1.54) is 0 Å². The normalized spacial score (nSPS) is 10.1. The summed E-state index contributed by atoms with van der Waals surface area (Å²) in [6.45, 7) is 2.53. The van der Waals surface area contributed by atoms with E-state index in [1.807, 2.05) is 37.3 Å². The van der Waals surface area contributed by atoms with Gasteiger partial charge in [0.15, 0.2) is 0 Å². The van der Waals surface area contributed by atoms with E-state index in [0.29, 0.717) is 17.8 Å². The van der Waals surface area contributed by atoms with E-state index in [9.17, 15) is 9.59 Å². The van der Waals surface area contributed by atoms with Crippen LogP contribution in [0.4, 0.5) is 11.4 Å². The van der Waals surface area contributed by atoms with E-state index in [1.54, 1.807) is 29.2 Å². The van der Waals surface area contributed by atoms with Crippen molar-refractivity contribution in [2.24, 2.45) is 0 Å². The minimum absolute atomic E-state index is 0.0629. The molecule has 2 rings (SSSR count). The monoisotopic (exact) mass is 360 g/mol. The van der Waals surface area contributed by atoms with Gasteiger partial charge in [-0.2, -0.15) is 0 Å². The van der Waals surface area contributed by atoms with Crippen LogP contribution in [0.5, 0.6) is 0 Å². The molecule has 0 heterocycles. The van der Waals surface area contributed by atoms with Crippen molar-refractivity contribution in [3.63, 3.8) is 0 Å². The maximum Gasteiger partial charge on any atom is 0.258 e. The third-order valence-electron chi connectivity index (χ3n) is 3.17. The van der Waals surface area contributed by atoms with Crippen molar-refractivity contribution >= 4 is 39.1 Å². The van der Waals surface area contributed by atoms with Gasteiger partial charge in [-0.25, -0.2) is 0 Å². The van der Waals surface area contributed by atoms with Crippen molar-refractivity contribution < 1.29 is 9.59 Å². The third kappa shape index (κ3) is 3.95. The third-order valence-corrected chi connectivity index (χ3v) is 3.68. The Bertz CT molecular complexity index is 641. The van der Waals surface area contributed by atoms with Crippen LogP contribution in [-0.2, 0) is 4.79 Å². The lowest BCUT2D eigenvalue weighted by atomic mass is 10.1. The van der Waals surface area contributed by atoms with Crippen molar-refractivity contribution in [1.29, 1.82) is 0 Å². The molecule has 5 heteroatoms. The molecule has 0 saturated carbocycles. The molecule has 0 aliphatic rings. The number of carbonyl (C=O) groups excluding carboxylic acids is 2. The lowest BCUT2D eigenvalue weighted by Crippen LogP contribution is -2.30. The molecule has 0 aliphatic carbocycles. The molecular formula is C17H17BrN2O2. The highest BCUT2D eigenvalue weighted by Crippen LogP contribution is 2.18. The highest BCUT2D eigenvalue weighted by atomic mass is 79.9. The van der Waals surface area contributed by atoms with E-state index < -0.39 is 0 Å². The van der Waals surface area contributed by atoms with E-state index >= 15 is 0 Å². The first-order valence-electron chi connectivity index (χ1n) is 6.98. The average molecular weight is 361 g/mol. The fourth-order valence-electron chi connectivity index (χ4n) is 2.10. The second-order valence-electron chi connectivity index (χ2n) is 4.64. The number of benzene rings is 2. The average Bonchev–Trinajstić information content (AvgIpc) is 2.57. The molecule has 0 fully saturated rings. The molecule has 22 heavy (non-hydrogen) atoms. The summed E-state index contributed by atoms with van der Waals surface area (Å²) >= 11 is 3.09. The van der Waals surface area contributed by atoms with Gasteiger partial charge in [-0.3, -0.25) is 9.59 Å².